The number of phenols is 1. The predicted molar refractivity (Wildman–Crippen MR) is 75.8 cm³/mol. The molecule has 0 bridgehead atoms. The third-order valence-electron chi connectivity index (χ3n) is 2.77. The number of aryl methyl sites for hydroxylation is 1. The Morgan fingerprint density at radius 1 is 1.53 bits per heavy atom. The van der Waals surface area contributed by atoms with E-state index in [2.05, 4.69) is 4.98 Å². The third-order valence-corrected chi connectivity index (χ3v) is 3.99. The summed E-state index contributed by atoms with van der Waals surface area (Å²) in [5.41, 5.74) is 3.15. The summed E-state index contributed by atoms with van der Waals surface area (Å²) in [5.74, 6) is -0.172. The predicted octanol–water partition coefficient (Wildman–Crippen LogP) is 3.08. The van der Waals surface area contributed by atoms with Crippen molar-refractivity contribution in [1.82, 2.24) is 9.88 Å². The quantitative estimate of drug-likeness (QED) is 0.947. The maximum atomic E-state index is 12.2. The Morgan fingerprint density at radius 3 is 2.84 bits per heavy atom. The van der Waals surface area contributed by atoms with E-state index in [-0.39, 0.29) is 16.7 Å². The summed E-state index contributed by atoms with van der Waals surface area (Å²) in [7, 11) is 1.72. The number of halogens is 1. The van der Waals surface area contributed by atoms with Crippen molar-refractivity contribution < 1.29 is 9.90 Å². The lowest BCUT2D eigenvalue weighted by Crippen LogP contribution is -2.26. The molecule has 0 spiro atoms. The molecule has 100 valence electrons. The molecule has 1 aromatic carbocycles. The zero-order valence-electron chi connectivity index (χ0n) is 10.6. The number of phenolic OH excluding ortho intramolecular Hbond substituents is 1. The van der Waals surface area contributed by atoms with Crippen molar-refractivity contribution in [3.05, 3.63) is 44.9 Å². The van der Waals surface area contributed by atoms with Crippen molar-refractivity contribution in [1.29, 1.82) is 0 Å². The van der Waals surface area contributed by atoms with Crippen LogP contribution in [0.5, 0.6) is 5.75 Å². The fraction of sp³-hybridized carbons (Fsp3) is 0.231. The van der Waals surface area contributed by atoms with E-state index in [0.717, 1.165) is 10.6 Å². The molecular weight excluding hydrogens is 284 g/mol. The second kappa shape index (κ2) is 5.59. The molecule has 0 radical (unpaired) electrons. The first-order valence-electron chi connectivity index (χ1n) is 5.62. The summed E-state index contributed by atoms with van der Waals surface area (Å²) in [6.07, 6.45) is 0. The average molecular weight is 297 g/mol. The summed E-state index contributed by atoms with van der Waals surface area (Å²) in [5, 5.41) is 9.52. The van der Waals surface area contributed by atoms with E-state index in [4.69, 9.17) is 11.6 Å². The van der Waals surface area contributed by atoms with Gasteiger partial charge in [-0.15, -0.1) is 11.3 Å². The molecule has 1 N–H and O–H groups in total. The summed E-state index contributed by atoms with van der Waals surface area (Å²) in [4.78, 5) is 19.0. The number of hydrogen-bond donors (Lipinski definition) is 1. The third kappa shape index (κ3) is 3.05. The maximum Gasteiger partial charge on any atom is 0.253 e. The zero-order valence-corrected chi connectivity index (χ0v) is 12.1. The van der Waals surface area contributed by atoms with Crippen LogP contribution in [0.2, 0.25) is 5.02 Å². The highest BCUT2D eigenvalue weighted by Gasteiger charge is 2.15. The van der Waals surface area contributed by atoms with Gasteiger partial charge in [-0.1, -0.05) is 11.6 Å². The number of rotatable bonds is 3. The van der Waals surface area contributed by atoms with Gasteiger partial charge in [0.2, 0.25) is 0 Å². The second-order valence-corrected chi connectivity index (χ2v) is 5.53. The maximum absolute atomic E-state index is 12.2. The van der Waals surface area contributed by atoms with Crippen LogP contribution in [0.25, 0.3) is 0 Å². The van der Waals surface area contributed by atoms with Gasteiger partial charge in [0.25, 0.3) is 5.91 Å². The molecule has 1 heterocycles. The molecule has 6 heteroatoms. The van der Waals surface area contributed by atoms with E-state index in [9.17, 15) is 9.90 Å². The largest absolute Gasteiger partial charge is 0.506 e. The van der Waals surface area contributed by atoms with Gasteiger partial charge in [-0.25, -0.2) is 4.98 Å². The highest BCUT2D eigenvalue weighted by molar-refractivity contribution is 7.09. The molecule has 2 rings (SSSR count). The van der Waals surface area contributed by atoms with E-state index < -0.39 is 0 Å². The number of thiazole rings is 1. The van der Waals surface area contributed by atoms with Gasteiger partial charge in [-0.05, 0) is 25.1 Å². The molecular formula is C13H13ClN2O2S. The molecule has 0 fully saturated rings. The summed E-state index contributed by atoms with van der Waals surface area (Å²) >= 11 is 7.33. The van der Waals surface area contributed by atoms with Gasteiger partial charge in [0.15, 0.2) is 0 Å². The minimum atomic E-state index is -0.144. The highest BCUT2D eigenvalue weighted by Crippen LogP contribution is 2.24. The number of carbonyl (C=O) groups excluding carboxylic acids is 1. The van der Waals surface area contributed by atoms with Crippen LogP contribution in [0.1, 0.15) is 20.9 Å². The van der Waals surface area contributed by atoms with Crippen LogP contribution < -0.4 is 0 Å². The molecule has 4 nitrogen and oxygen atoms in total. The van der Waals surface area contributed by atoms with E-state index in [1.54, 1.807) is 23.5 Å². The molecule has 0 saturated heterocycles. The first-order chi connectivity index (χ1) is 8.99. The van der Waals surface area contributed by atoms with Crippen molar-refractivity contribution in [3.8, 4) is 5.75 Å². The Morgan fingerprint density at radius 2 is 2.26 bits per heavy atom. The number of hydrogen-bond acceptors (Lipinski definition) is 4. The standard InChI is InChI=1S/C13H13ClN2O2S/c1-8-12(19-7-15-8)6-16(2)13(18)9-3-4-11(17)10(14)5-9/h3-5,7,17H,6H2,1-2H3. The van der Waals surface area contributed by atoms with Crippen LogP contribution in [-0.2, 0) is 6.54 Å². The number of carbonyl (C=O) groups is 1. The molecule has 0 saturated carbocycles. The molecule has 0 unspecified atom stereocenters. The van der Waals surface area contributed by atoms with Crippen LogP contribution in [0.3, 0.4) is 0 Å². The number of aromatic nitrogens is 1. The van der Waals surface area contributed by atoms with Gasteiger partial charge in [-0.3, -0.25) is 4.79 Å². The smallest absolute Gasteiger partial charge is 0.253 e. The number of benzene rings is 1. The number of amides is 1. The van der Waals surface area contributed by atoms with Crippen LogP contribution in [0.15, 0.2) is 23.7 Å². The van der Waals surface area contributed by atoms with Crippen LogP contribution >= 0.6 is 22.9 Å². The average Bonchev–Trinajstić information content (AvgIpc) is 2.77. The van der Waals surface area contributed by atoms with E-state index >= 15 is 0 Å². The van der Waals surface area contributed by atoms with Crippen molar-refractivity contribution in [3.63, 3.8) is 0 Å². The highest BCUT2D eigenvalue weighted by atomic mass is 35.5. The van der Waals surface area contributed by atoms with Crippen LogP contribution in [0.4, 0.5) is 0 Å². The number of aromatic hydroxyl groups is 1. The Hall–Kier alpha value is -1.59. The van der Waals surface area contributed by atoms with Gasteiger partial charge in [0.05, 0.1) is 22.8 Å². The Bertz CT molecular complexity index is 612. The second-order valence-electron chi connectivity index (χ2n) is 4.19. The fourth-order valence-electron chi connectivity index (χ4n) is 1.63. The minimum Gasteiger partial charge on any atom is -0.506 e. The molecule has 0 aliphatic rings. The lowest BCUT2D eigenvalue weighted by atomic mass is 10.2. The van der Waals surface area contributed by atoms with Crippen LogP contribution in [0, 0.1) is 6.92 Å². The molecule has 0 aliphatic carbocycles. The number of nitrogens with zero attached hydrogens (tertiary/aromatic N) is 2. The van der Waals surface area contributed by atoms with E-state index in [1.165, 1.54) is 23.5 Å². The lowest BCUT2D eigenvalue weighted by Gasteiger charge is -2.16. The SMILES string of the molecule is Cc1ncsc1CN(C)C(=O)c1ccc(O)c(Cl)c1. The van der Waals surface area contributed by atoms with Gasteiger partial charge in [-0.2, -0.15) is 0 Å². The lowest BCUT2D eigenvalue weighted by molar-refractivity contribution is 0.0786. The topological polar surface area (TPSA) is 53.4 Å². The Labute approximate surface area is 120 Å². The monoisotopic (exact) mass is 296 g/mol. The molecule has 1 amide bonds. The van der Waals surface area contributed by atoms with Crippen molar-refractivity contribution in [2.45, 2.75) is 13.5 Å². The molecule has 2 aromatic rings. The summed E-state index contributed by atoms with van der Waals surface area (Å²) in [6, 6.07) is 4.44. The van der Waals surface area contributed by atoms with E-state index in [0.29, 0.717) is 12.1 Å². The van der Waals surface area contributed by atoms with E-state index in [1.807, 2.05) is 6.92 Å². The fourth-order valence-corrected chi connectivity index (χ4v) is 2.64. The van der Waals surface area contributed by atoms with Gasteiger partial charge in [0.1, 0.15) is 5.75 Å². The van der Waals surface area contributed by atoms with Crippen molar-refractivity contribution in [2.75, 3.05) is 7.05 Å². The molecule has 0 aliphatic heterocycles. The minimum absolute atomic E-state index is 0.0285. The van der Waals surface area contributed by atoms with Gasteiger partial charge >= 0.3 is 0 Å². The van der Waals surface area contributed by atoms with Crippen LogP contribution in [-0.4, -0.2) is 27.9 Å². The Kier molecular flexibility index (Phi) is 4.07. The van der Waals surface area contributed by atoms with Gasteiger partial charge in [0, 0.05) is 17.5 Å². The van der Waals surface area contributed by atoms with Crippen molar-refractivity contribution >= 4 is 28.8 Å². The normalized spacial score (nSPS) is 10.5. The Balaban J connectivity index is 2.15. The summed E-state index contributed by atoms with van der Waals surface area (Å²) in [6.45, 7) is 2.43. The molecule has 19 heavy (non-hydrogen) atoms. The molecule has 0 atom stereocenters. The zero-order chi connectivity index (χ0) is 14.0. The van der Waals surface area contributed by atoms with Crippen molar-refractivity contribution in [2.24, 2.45) is 0 Å². The molecule has 1 aromatic heterocycles. The first-order valence-corrected chi connectivity index (χ1v) is 6.87. The van der Waals surface area contributed by atoms with Gasteiger partial charge < -0.3 is 10.0 Å². The summed E-state index contributed by atoms with van der Waals surface area (Å²) < 4.78 is 0. The first kappa shape index (κ1) is 13.8.